The highest BCUT2D eigenvalue weighted by Gasteiger charge is 2.21. The fourth-order valence-corrected chi connectivity index (χ4v) is 4.18. The molecule has 0 bridgehead atoms. The fourth-order valence-electron chi connectivity index (χ4n) is 4.06. The van der Waals surface area contributed by atoms with Gasteiger partial charge in [-0.05, 0) is 36.2 Å². The molecule has 2 aromatic carbocycles. The Bertz CT molecular complexity index is 1450. The predicted molar refractivity (Wildman–Crippen MR) is 126 cm³/mol. The largest absolute Gasteiger partial charge is 0.424 e. The molecule has 0 spiro atoms. The lowest BCUT2D eigenvalue weighted by Crippen LogP contribution is -2.06. The Morgan fingerprint density at radius 2 is 1.81 bits per heavy atom. The van der Waals surface area contributed by atoms with Crippen molar-refractivity contribution in [2.75, 3.05) is 0 Å². The Balaban J connectivity index is 1.71. The van der Waals surface area contributed by atoms with Gasteiger partial charge in [-0.3, -0.25) is 9.20 Å². The van der Waals surface area contributed by atoms with E-state index in [9.17, 15) is 4.79 Å². The van der Waals surface area contributed by atoms with Crippen LogP contribution in [0.1, 0.15) is 31.7 Å². The topological polar surface area (TPSA) is 61.4 Å². The van der Waals surface area contributed by atoms with Crippen LogP contribution in [0, 0.1) is 0 Å². The summed E-state index contributed by atoms with van der Waals surface area (Å²) in [6.07, 6.45) is 3.72. The van der Waals surface area contributed by atoms with Gasteiger partial charge in [0.05, 0.1) is 11.0 Å². The van der Waals surface area contributed by atoms with Crippen LogP contribution in [0.2, 0.25) is 5.02 Å². The maximum atomic E-state index is 12.2. The van der Waals surface area contributed by atoms with Gasteiger partial charge in [-0.1, -0.05) is 49.7 Å². The molecule has 5 rings (SSSR count). The monoisotopic (exact) mass is 446 g/mol. The van der Waals surface area contributed by atoms with Crippen molar-refractivity contribution in [1.29, 1.82) is 0 Å². The van der Waals surface area contributed by atoms with Crippen LogP contribution >= 0.6 is 11.6 Å². The van der Waals surface area contributed by atoms with Gasteiger partial charge in [0.15, 0.2) is 11.4 Å². The first-order valence-corrected chi connectivity index (χ1v) is 11.2. The van der Waals surface area contributed by atoms with E-state index in [1.165, 1.54) is 5.56 Å². The Morgan fingerprint density at radius 3 is 2.56 bits per heavy atom. The Morgan fingerprint density at radius 1 is 1.03 bits per heavy atom. The third-order valence-corrected chi connectivity index (χ3v) is 5.93. The Kier molecular flexibility index (Phi) is 5.31. The van der Waals surface area contributed by atoms with Crippen LogP contribution in [0.5, 0.6) is 5.75 Å². The molecule has 0 radical (unpaired) electrons. The van der Waals surface area contributed by atoms with E-state index >= 15 is 0 Å². The van der Waals surface area contributed by atoms with Gasteiger partial charge in [-0.2, -0.15) is 0 Å². The summed E-state index contributed by atoms with van der Waals surface area (Å²) in [5.41, 5.74) is 4.59. The minimum absolute atomic E-state index is 0.282. The van der Waals surface area contributed by atoms with Gasteiger partial charge in [-0.15, -0.1) is 0 Å². The van der Waals surface area contributed by atoms with E-state index in [2.05, 4.69) is 15.9 Å². The highest BCUT2D eigenvalue weighted by atomic mass is 35.5. The lowest BCUT2D eigenvalue weighted by Gasteiger charge is -2.08. The number of halogens is 1. The molecule has 0 saturated heterocycles. The first-order chi connectivity index (χ1) is 15.6. The number of ether oxygens (including phenoxy) is 1. The van der Waals surface area contributed by atoms with Crippen molar-refractivity contribution < 1.29 is 9.53 Å². The zero-order valence-corrected chi connectivity index (χ0v) is 18.8. The van der Waals surface area contributed by atoms with E-state index in [-0.39, 0.29) is 5.97 Å². The zero-order valence-electron chi connectivity index (χ0n) is 18.0. The van der Waals surface area contributed by atoms with Crippen LogP contribution in [0.4, 0.5) is 0 Å². The number of fused-ring (bicyclic) bond motifs is 5. The number of aromatic nitrogens is 4. The molecule has 7 heteroatoms. The Hall–Kier alpha value is -3.38. The fraction of sp³-hybridized carbons (Fsp3) is 0.240. The van der Waals surface area contributed by atoms with Gasteiger partial charge >= 0.3 is 5.97 Å². The maximum Gasteiger partial charge on any atom is 0.310 e. The van der Waals surface area contributed by atoms with Crippen molar-refractivity contribution in [3.05, 3.63) is 71.1 Å². The van der Waals surface area contributed by atoms with E-state index in [0.717, 1.165) is 51.4 Å². The third kappa shape index (κ3) is 3.50. The number of imidazole rings is 1. The summed E-state index contributed by atoms with van der Waals surface area (Å²) in [4.78, 5) is 22.1. The molecule has 0 aliphatic carbocycles. The quantitative estimate of drug-likeness (QED) is 0.318. The van der Waals surface area contributed by atoms with Crippen molar-refractivity contribution in [2.45, 2.75) is 39.7 Å². The van der Waals surface area contributed by atoms with Crippen LogP contribution in [0.25, 0.3) is 27.7 Å². The molecule has 162 valence electrons. The second kappa shape index (κ2) is 8.28. The van der Waals surface area contributed by atoms with Crippen LogP contribution in [-0.4, -0.2) is 24.9 Å². The molecule has 6 nitrogen and oxygen atoms in total. The van der Waals surface area contributed by atoms with Crippen molar-refractivity contribution in [3.8, 4) is 5.75 Å². The molecule has 3 aromatic heterocycles. The molecular formula is C25H23ClN4O2. The predicted octanol–water partition coefficient (Wildman–Crippen LogP) is 5.61. The number of carbonyl (C=O) groups excluding carboxylic acids is 1. The van der Waals surface area contributed by atoms with E-state index in [4.69, 9.17) is 26.3 Å². The van der Waals surface area contributed by atoms with Crippen LogP contribution in [0.3, 0.4) is 0 Å². The minimum Gasteiger partial charge on any atom is -0.424 e. The van der Waals surface area contributed by atoms with Gasteiger partial charge < -0.3 is 9.30 Å². The molecule has 0 fully saturated rings. The van der Waals surface area contributed by atoms with E-state index in [0.29, 0.717) is 18.7 Å². The van der Waals surface area contributed by atoms with Gasteiger partial charge in [0.1, 0.15) is 16.9 Å². The molecule has 0 aliphatic rings. The summed E-state index contributed by atoms with van der Waals surface area (Å²) in [5, 5.41) is 1.48. The van der Waals surface area contributed by atoms with Crippen molar-refractivity contribution in [2.24, 2.45) is 0 Å². The number of carbonyl (C=O) groups is 1. The maximum absolute atomic E-state index is 12.2. The first-order valence-electron chi connectivity index (χ1n) is 10.8. The third-order valence-electron chi connectivity index (χ3n) is 5.68. The number of para-hydroxylation sites is 2. The van der Waals surface area contributed by atoms with Crippen molar-refractivity contribution in [3.63, 3.8) is 0 Å². The standard InChI is InChI=1S/C25H23ClN4O2/c1-3-21-28-24-23(25-27-18-7-5-6-8-19(18)30(21)25)20(32-22(31)4-2)15-29(24)14-13-16-9-11-17(26)12-10-16/h5-12,15H,3-4,13-14H2,1-2H3. The SMILES string of the molecule is CCC(=O)Oc1cn(CCc2ccc(Cl)cc2)c2nc(CC)n3c4ccccc4nc3c12. The molecule has 0 aliphatic heterocycles. The molecule has 0 atom stereocenters. The van der Waals surface area contributed by atoms with Gasteiger partial charge in [0.2, 0.25) is 0 Å². The van der Waals surface area contributed by atoms with E-state index in [1.54, 1.807) is 6.92 Å². The van der Waals surface area contributed by atoms with Crippen molar-refractivity contribution in [1.82, 2.24) is 18.9 Å². The van der Waals surface area contributed by atoms with Crippen LogP contribution in [0.15, 0.2) is 54.7 Å². The summed E-state index contributed by atoms with van der Waals surface area (Å²) in [6.45, 7) is 4.56. The summed E-state index contributed by atoms with van der Waals surface area (Å²) in [7, 11) is 0. The number of nitrogens with zero attached hydrogens (tertiary/aromatic N) is 4. The number of hydrogen-bond acceptors (Lipinski definition) is 4. The van der Waals surface area contributed by atoms with Crippen LogP contribution in [-0.2, 0) is 24.2 Å². The zero-order chi connectivity index (χ0) is 22.2. The molecule has 0 saturated carbocycles. The van der Waals surface area contributed by atoms with E-state index < -0.39 is 0 Å². The molecule has 5 aromatic rings. The Labute approximate surface area is 190 Å². The van der Waals surface area contributed by atoms with Gasteiger partial charge in [0.25, 0.3) is 0 Å². The molecule has 3 heterocycles. The number of rotatable bonds is 6. The molecule has 32 heavy (non-hydrogen) atoms. The number of benzene rings is 2. The lowest BCUT2D eigenvalue weighted by molar-refractivity contribution is -0.133. The molecule has 0 amide bonds. The highest BCUT2D eigenvalue weighted by Crippen LogP contribution is 2.34. The minimum atomic E-state index is -0.282. The summed E-state index contributed by atoms with van der Waals surface area (Å²) < 4.78 is 9.86. The second-order valence-corrected chi connectivity index (χ2v) is 8.17. The number of esters is 1. The van der Waals surface area contributed by atoms with Crippen molar-refractivity contribution >= 4 is 45.3 Å². The molecule has 0 N–H and O–H groups in total. The lowest BCUT2D eigenvalue weighted by atomic mass is 10.1. The van der Waals surface area contributed by atoms with Gasteiger partial charge in [-0.25, -0.2) is 9.97 Å². The van der Waals surface area contributed by atoms with Gasteiger partial charge in [0, 0.05) is 30.6 Å². The van der Waals surface area contributed by atoms with Crippen LogP contribution < -0.4 is 4.74 Å². The second-order valence-electron chi connectivity index (χ2n) is 7.73. The highest BCUT2D eigenvalue weighted by molar-refractivity contribution is 6.30. The summed E-state index contributed by atoms with van der Waals surface area (Å²) in [5.74, 6) is 1.13. The normalized spacial score (nSPS) is 11.6. The first kappa shape index (κ1) is 20.5. The number of hydrogen-bond donors (Lipinski definition) is 0. The average Bonchev–Trinajstić information content (AvgIpc) is 3.36. The smallest absolute Gasteiger partial charge is 0.310 e. The van der Waals surface area contributed by atoms with E-state index in [1.807, 2.05) is 54.7 Å². The molecular weight excluding hydrogens is 424 g/mol. The number of aryl methyl sites for hydroxylation is 3. The summed E-state index contributed by atoms with van der Waals surface area (Å²) in [6, 6.07) is 15.8. The summed E-state index contributed by atoms with van der Waals surface area (Å²) >= 11 is 6.02. The average molecular weight is 447 g/mol. The molecule has 0 unspecified atom stereocenters.